The first kappa shape index (κ1) is 16.6. The number of piperidine rings is 1. The topological polar surface area (TPSA) is 15.3 Å². The molecule has 0 aliphatic carbocycles. The van der Waals surface area contributed by atoms with Crippen molar-refractivity contribution in [2.45, 2.75) is 53.1 Å². The molecular formula is C18H29ClN2. The molecule has 0 aromatic heterocycles. The van der Waals surface area contributed by atoms with Gasteiger partial charge < -0.3 is 10.2 Å². The van der Waals surface area contributed by atoms with Crippen LogP contribution >= 0.6 is 11.6 Å². The quantitative estimate of drug-likeness (QED) is 0.792. The molecule has 0 radical (unpaired) electrons. The Kier molecular flexibility index (Phi) is 5.95. The van der Waals surface area contributed by atoms with Crippen LogP contribution in [0.1, 0.15) is 46.1 Å². The van der Waals surface area contributed by atoms with Gasteiger partial charge in [0.25, 0.3) is 0 Å². The van der Waals surface area contributed by atoms with Crippen molar-refractivity contribution in [3.05, 3.63) is 28.8 Å². The van der Waals surface area contributed by atoms with E-state index in [-0.39, 0.29) is 0 Å². The lowest BCUT2D eigenvalue weighted by Crippen LogP contribution is -2.45. The Balaban J connectivity index is 2.11. The average Bonchev–Trinajstić information content (AvgIpc) is 2.44. The SMILES string of the molecule is CCCNCc1ccc(N2CC(C)CC(C)C2C)cc1Cl. The highest BCUT2D eigenvalue weighted by atomic mass is 35.5. The lowest BCUT2D eigenvalue weighted by molar-refractivity contribution is 0.297. The molecule has 1 aliphatic heterocycles. The molecular weight excluding hydrogens is 280 g/mol. The van der Waals surface area contributed by atoms with Crippen LogP contribution in [0.15, 0.2) is 18.2 Å². The molecule has 0 amide bonds. The van der Waals surface area contributed by atoms with Crippen molar-refractivity contribution in [2.24, 2.45) is 11.8 Å². The molecule has 3 heteroatoms. The second-order valence-electron chi connectivity index (χ2n) is 6.66. The highest BCUT2D eigenvalue weighted by Gasteiger charge is 2.29. The highest BCUT2D eigenvalue weighted by Crippen LogP contribution is 2.33. The smallest absolute Gasteiger partial charge is 0.0471 e. The van der Waals surface area contributed by atoms with Gasteiger partial charge in [0, 0.05) is 29.8 Å². The molecule has 21 heavy (non-hydrogen) atoms. The van der Waals surface area contributed by atoms with Gasteiger partial charge in [-0.05, 0) is 55.8 Å². The standard InChI is InChI=1S/C18H29ClN2/c1-5-8-20-11-16-6-7-17(10-18(16)19)21-12-13(2)9-14(3)15(21)4/h6-7,10,13-15,20H,5,8-9,11-12H2,1-4H3. The van der Waals surface area contributed by atoms with E-state index in [1.54, 1.807) is 0 Å². The Hall–Kier alpha value is -0.730. The van der Waals surface area contributed by atoms with Crippen molar-refractivity contribution in [1.29, 1.82) is 0 Å². The summed E-state index contributed by atoms with van der Waals surface area (Å²) < 4.78 is 0. The van der Waals surface area contributed by atoms with E-state index >= 15 is 0 Å². The molecule has 118 valence electrons. The van der Waals surface area contributed by atoms with Crippen LogP contribution < -0.4 is 10.2 Å². The molecule has 0 spiro atoms. The van der Waals surface area contributed by atoms with Crippen LogP contribution in [0.3, 0.4) is 0 Å². The van der Waals surface area contributed by atoms with Crippen LogP contribution in [0.2, 0.25) is 5.02 Å². The van der Waals surface area contributed by atoms with Gasteiger partial charge in [0.15, 0.2) is 0 Å². The number of nitrogens with one attached hydrogen (secondary N) is 1. The van der Waals surface area contributed by atoms with Crippen LogP contribution in [0, 0.1) is 11.8 Å². The summed E-state index contributed by atoms with van der Waals surface area (Å²) in [6.45, 7) is 12.2. The number of anilines is 1. The Morgan fingerprint density at radius 1 is 1.29 bits per heavy atom. The van der Waals surface area contributed by atoms with Gasteiger partial charge in [-0.3, -0.25) is 0 Å². The average molecular weight is 309 g/mol. The monoisotopic (exact) mass is 308 g/mol. The van der Waals surface area contributed by atoms with Gasteiger partial charge in [-0.2, -0.15) is 0 Å². The van der Waals surface area contributed by atoms with Crippen molar-refractivity contribution < 1.29 is 0 Å². The zero-order valence-corrected chi connectivity index (χ0v) is 14.6. The maximum absolute atomic E-state index is 6.48. The van der Waals surface area contributed by atoms with Crippen LogP contribution in [0.5, 0.6) is 0 Å². The fourth-order valence-electron chi connectivity index (χ4n) is 3.31. The summed E-state index contributed by atoms with van der Waals surface area (Å²) in [6, 6.07) is 7.14. The molecule has 3 unspecified atom stereocenters. The lowest BCUT2D eigenvalue weighted by atomic mass is 9.85. The first-order valence-corrected chi connectivity index (χ1v) is 8.66. The molecule has 0 saturated carbocycles. The molecule has 2 rings (SSSR count). The fourth-order valence-corrected chi connectivity index (χ4v) is 3.56. The molecule has 1 aromatic rings. The van der Waals surface area contributed by atoms with Crippen LogP contribution in [0.25, 0.3) is 0 Å². The zero-order chi connectivity index (χ0) is 15.4. The molecule has 2 nitrogen and oxygen atoms in total. The zero-order valence-electron chi connectivity index (χ0n) is 13.8. The molecule has 1 aromatic carbocycles. The second kappa shape index (κ2) is 7.51. The van der Waals surface area contributed by atoms with Crippen molar-refractivity contribution in [3.63, 3.8) is 0 Å². The molecule has 1 fully saturated rings. The molecule has 1 heterocycles. The summed E-state index contributed by atoms with van der Waals surface area (Å²) in [6.07, 6.45) is 2.47. The highest BCUT2D eigenvalue weighted by molar-refractivity contribution is 6.31. The number of hydrogen-bond donors (Lipinski definition) is 1. The normalized spacial score (nSPS) is 26.1. The first-order valence-electron chi connectivity index (χ1n) is 8.28. The van der Waals surface area contributed by atoms with Crippen molar-refractivity contribution in [3.8, 4) is 0 Å². The minimum Gasteiger partial charge on any atom is -0.368 e. The molecule has 3 atom stereocenters. The Bertz CT molecular complexity index is 461. The number of halogens is 1. The summed E-state index contributed by atoms with van der Waals surface area (Å²) in [5.74, 6) is 1.49. The van der Waals surface area contributed by atoms with E-state index in [9.17, 15) is 0 Å². The Morgan fingerprint density at radius 2 is 2.05 bits per heavy atom. The van der Waals surface area contributed by atoms with Gasteiger partial charge in [-0.15, -0.1) is 0 Å². The van der Waals surface area contributed by atoms with Gasteiger partial charge in [-0.1, -0.05) is 38.4 Å². The van der Waals surface area contributed by atoms with Gasteiger partial charge in [0.2, 0.25) is 0 Å². The summed E-state index contributed by atoms with van der Waals surface area (Å²) in [5, 5.41) is 4.30. The summed E-state index contributed by atoms with van der Waals surface area (Å²) in [4.78, 5) is 2.52. The fraction of sp³-hybridized carbons (Fsp3) is 0.667. The van der Waals surface area contributed by atoms with E-state index in [4.69, 9.17) is 11.6 Å². The van der Waals surface area contributed by atoms with E-state index in [1.165, 1.54) is 17.7 Å². The summed E-state index contributed by atoms with van der Waals surface area (Å²) in [7, 11) is 0. The Morgan fingerprint density at radius 3 is 2.71 bits per heavy atom. The largest absolute Gasteiger partial charge is 0.368 e. The first-order chi connectivity index (χ1) is 10.0. The van der Waals surface area contributed by atoms with E-state index in [1.807, 2.05) is 0 Å². The summed E-state index contributed by atoms with van der Waals surface area (Å²) in [5.41, 5.74) is 2.46. The second-order valence-corrected chi connectivity index (χ2v) is 7.07. The van der Waals surface area contributed by atoms with Gasteiger partial charge in [0.05, 0.1) is 0 Å². The van der Waals surface area contributed by atoms with Crippen LogP contribution in [-0.4, -0.2) is 19.1 Å². The number of hydrogen-bond acceptors (Lipinski definition) is 2. The maximum atomic E-state index is 6.48. The third kappa shape index (κ3) is 4.14. The van der Waals surface area contributed by atoms with Gasteiger partial charge in [0.1, 0.15) is 0 Å². The van der Waals surface area contributed by atoms with Gasteiger partial charge in [-0.25, -0.2) is 0 Å². The predicted molar refractivity (Wildman–Crippen MR) is 93.2 cm³/mol. The van der Waals surface area contributed by atoms with E-state index < -0.39 is 0 Å². The number of nitrogens with zero attached hydrogens (tertiary/aromatic N) is 1. The van der Waals surface area contributed by atoms with E-state index in [0.29, 0.717) is 6.04 Å². The third-order valence-electron chi connectivity index (χ3n) is 4.71. The predicted octanol–water partition coefficient (Wildman–Crippen LogP) is 4.71. The molecule has 1 N–H and O–H groups in total. The number of rotatable bonds is 5. The van der Waals surface area contributed by atoms with Gasteiger partial charge >= 0.3 is 0 Å². The van der Waals surface area contributed by atoms with E-state index in [2.05, 4.69) is 56.1 Å². The van der Waals surface area contributed by atoms with Crippen molar-refractivity contribution in [1.82, 2.24) is 5.32 Å². The minimum absolute atomic E-state index is 0.585. The van der Waals surface area contributed by atoms with E-state index in [0.717, 1.165) is 42.9 Å². The van der Waals surface area contributed by atoms with Crippen LogP contribution in [-0.2, 0) is 6.54 Å². The maximum Gasteiger partial charge on any atom is 0.0471 e. The number of benzene rings is 1. The Labute approximate surface area is 134 Å². The minimum atomic E-state index is 0.585. The van der Waals surface area contributed by atoms with Crippen LogP contribution in [0.4, 0.5) is 5.69 Å². The van der Waals surface area contributed by atoms with Crippen molar-refractivity contribution in [2.75, 3.05) is 18.0 Å². The third-order valence-corrected chi connectivity index (χ3v) is 5.06. The lowest BCUT2D eigenvalue weighted by Gasteiger charge is -2.42. The molecule has 1 saturated heterocycles. The molecule has 0 bridgehead atoms. The molecule has 1 aliphatic rings. The summed E-state index contributed by atoms with van der Waals surface area (Å²) >= 11 is 6.48. The van der Waals surface area contributed by atoms with Crippen molar-refractivity contribution >= 4 is 17.3 Å².